The van der Waals surface area contributed by atoms with E-state index in [1.54, 1.807) is 18.0 Å². The molecule has 1 fully saturated rings. The normalized spacial score (nSPS) is 17.1. The van der Waals surface area contributed by atoms with Gasteiger partial charge in [0.2, 0.25) is 0 Å². The molecule has 1 heterocycles. The Labute approximate surface area is 99.3 Å². The van der Waals surface area contributed by atoms with E-state index in [0.29, 0.717) is 6.42 Å². The largest absolute Gasteiger partial charge is 0.481 e. The van der Waals surface area contributed by atoms with Crippen LogP contribution in [0.25, 0.3) is 0 Å². The molecule has 0 aliphatic heterocycles. The first-order chi connectivity index (χ1) is 7.61. The summed E-state index contributed by atoms with van der Waals surface area (Å²) in [5.74, 6) is 0.188. The van der Waals surface area contributed by atoms with Crippen molar-refractivity contribution in [2.24, 2.45) is 5.41 Å². The second-order valence-corrected chi connectivity index (χ2v) is 5.45. The Morgan fingerprint density at radius 2 is 2.38 bits per heavy atom. The Bertz CT molecular complexity index is 402. The van der Waals surface area contributed by atoms with Gasteiger partial charge < -0.3 is 5.11 Å². The van der Waals surface area contributed by atoms with E-state index in [1.807, 2.05) is 19.1 Å². The molecule has 0 radical (unpaired) electrons. The van der Waals surface area contributed by atoms with Crippen molar-refractivity contribution in [3.05, 3.63) is 23.9 Å². The van der Waals surface area contributed by atoms with Crippen LogP contribution in [0.5, 0.6) is 0 Å². The maximum atomic E-state index is 10.7. The summed E-state index contributed by atoms with van der Waals surface area (Å²) in [5, 5.41) is 9.84. The predicted octanol–water partition coefficient (Wildman–Crippen LogP) is 2.74. The van der Waals surface area contributed by atoms with Gasteiger partial charge in [-0.05, 0) is 36.8 Å². The second kappa shape index (κ2) is 4.45. The zero-order valence-electron chi connectivity index (χ0n) is 9.27. The Hall–Kier alpha value is -1.03. The summed E-state index contributed by atoms with van der Waals surface area (Å²) in [6.07, 6.45) is 4.16. The van der Waals surface area contributed by atoms with E-state index in [0.717, 1.165) is 23.6 Å². The van der Waals surface area contributed by atoms with Gasteiger partial charge in [-0.15, -0.1) is 11.8 Å². The summed E-state index contributed by atoms with van der Waals surface area (Å²) in [6.45, 7) is 2.03. The Kier molecular flexibility index (Phi) is 3.19. The highest BCUT2D eigenvalue weighted by Crippen LogP contribution is 2.51. The van der Waals surface area contributed by atoms with Crippen LogP contribution in [0.4, 0.5) is 0 Å². The van der Waals surface area contributed by atoms with Crippen LogP contribution < -0.4 is 0 Å². The maximum absolute atomic E-state index is 10.7. The first-order valence-electron chi connectivity index (χ1n) is 5.38. The molecule has 1 aromatic heterocycles. The molecule has 4 heteroatoms. The third kappa shape index (κ3) is 2.76. The lowest BCUT2D eigenvalue weighted by atomic mass is 10.1. The molecule has 2 rings (SSSR count). The highest BCUT2D eigenvalue weighted by Gasteiger charge is 2.44. The molecule has 0 amide bonds. The van der Waals surface area contributed by atoms with Crippen LogP contribution in [-0.4, -0.2) is 21.8 Å². The molecule has 1 aromatic rings. The van der Waals surface area contributed by atoms with Gasteiger partial charge in [0.15, 0.2) is 0 Å². The quantitative estimate of drug-likeness (QED) is 0.800. The first-order valence-corrected chi connectivity index (χ1v) is 6.36. The van der Waals surface area contributed by atoms with Crippen LogP contribution in [0, 0.1) is 12.3 Å². The van der Waals surface area contributed by atoms with E-state index in [1.165, 1.54) is 5.56 Å². The average Bonchev–Trinajstić information content (AvgIpc) is 2.96. The van der Waals surface area contributed by atoms with Crippen molar-refractivity contribution in [3.63, 3.8) is 0 Å². The zero-order valence-corrected chi connectivity index (χ0v) is 10.1. The van der Waals surface area contributed by atoms with Crippen molar-refractivity contribution in [2.45, 2.75) is 31.2 Å². The molecular formula is C12H15NO2S. The summed E-state index contributed by atoms with van der Waals surface area (Å²) < 4.78 is 0. The number of carboxylic acid groups (broad SMARTS) is 1. The molecule has 1 aliphatic carbocycles. The van der Waals surface area contributed by atoms with Crippen molar-refractivity contribution < 1.29 is 9.90 Å². The van der Waals surface area contributed by atoms with Gasteiger partial charge in [0.25, 0.3) is 0 Å². The number of nitrogens with zero attached hydrogens (tertiary/aromatic N) is 1. The maximum Gasteiger partial charge on any atom is 0.303 e. The van der Waals surface area contributed by atoms with Crippen LogP contribution in [0.1, 0.15) is 24.8 Å². The molecule has 1 saturated carbocycles. The van der Waals surface area contributed by atoms with Crippen LogP contribution in [-0.2, 0) is 4.79 Å². The highest BCUT2D eigenvalue weighted by molar-refractivity contribution is 7.99. The van der Waals surface area contributed by atoms with E-state index >= 15 is 0 Å². The molecule has 1 N–H and O–H groups in total. The Balaban J connectivity index is 1.93. The molecule has 0 aromatic carbocycles. The molecule has 86 valence electrons. The number of rotatable bonds is 5. The SMILES string of the molecule is Cc1cccnc1SCC1(CC(=O)O)CC1. The molecule has 3 nitrogen and oxygen atoms in total. The fourth-order valence-electron chi connectivity index (χ4n) is 1.71. The third-order valence-electron chi connectivity index (χ3n) is 2.96. The molecular weight excluding hydrogens is 222 g/mol. The molecule has 0 atom stereocenters. The summed E-state index contributed by atoms with van der Waals surface area (Å²) in [4.78, 5) is 15.0. The van der Waals surface area contributed by atoms with Crippen LogP contribution in [0.2, 0.25) is 0 Å². The number of pyridine rings is 1. The number of aryl methyl sites for hydroxylation is 1. The molecule has 0 bridgehead atoms. The fourth-order valence-corrected chi connectivity index (χ4v) is 2.98. The third-order valence-corrected chi connectivity index (χ3v) is 4.42. The lowest BCUT2D eigenvalue weighted by Crippen LogP contribution is -2.11. The minimum Gasteiger partial charge on any atom is -0.481 e. The number of aliphatic carboxylic acids is 1. The number of thioether (sulfide) groups is 1. The molecule has 0 spiro atoms. The van der Waals surface area contributed by atoms with Gasteiger partial charge in [0, 0.05) is 11.9 Å². The van der Waals surface area contributed by atoms with Crippen molar-refractivity contribution >= 4 is 17.7 Å². The van der Waals surface area contributed by atoms with E-state index < -0.39 is 5.97 Å². The van der Waals surface area contributed by atoms with Gasteiger partial charge in [0.1, 0.15) is 0 Å². The van der Waals surface area contributed by atoms with Crippen molar-refractivity contribution in [2.75, 3.05) is 5.75 Å². The fraction of sp³-hybridized carbons (Fsp3) is 0.500. The van der Waals surface area contributed by atoms with E-state index in [9.17, 15) is 4.79 Å². The van der Waals surface area contributed by atoms with Crippen molar-refractivity contribution in [3.8, 4) is 0 Å². The molecule has 1 aliphatic rings. The minimum absolute atomic E-state index is 0.0421. The molecule has 0 unspecified atom stereocenters. The van der Waals surface area contributed by atoms with E-state index in [4.69, 9.17) is 5.11 Å². The van der Waals surface area contributed by atoms with Gasteiger partial charge in [-0.25, -0.2) is 4.98 Å². The molecule has 0 saturated heterocycles. The number of hydrogen-bond donors (Lipinski definition) is 1. The summed E-state index contributed by atoms with van der Waals surface area (Å²) in [5.41, 5.74) is 1.21. The van der Waals surface area contributed by atoms with Gasteiger partial charge >= 0.3 is 5.97 Å². The summed E-state index contributed by atoms with van der Waals surface area (Å²) in [7, 11) is 0. The van der Waals surface area contributed by atoms with Gasteiger partial charge in [-0.3, -0.25) is 4.79 Å². The first kappa shape index (κ1) is 11.5. The minimum atomic E-state index is -0.684. The Morgan fingerprint density at radius 3 is 2.94 bits per heavy atom. The number of carbonyl (C=O) groups is 1. The standard InChI is InChI=1S/C12H15NO2S/c1-9-3-2-6-13-11(9)16-8-12(4-5-12)7-10(14)15/h2-3,6H,4-5,7-8H2,1H3,(H,14,15). The lowest BCUT2D eigenvalue weighted by molar-refractivity contribution is -0.138. The number of hydrogen-bond acceptors (Lipinski definition) is 3. The topological polar surface area (TPSA) is 50.2 Å². The van der Waals surface area contributed by atoms with Gasteiger partial charge in [-0.1, -0.05) is 6.07 Å². The highest BCUT2D eigenvalue weighted by atomic mass is 32.2. The number of aromatic nitrogens is 1. The van der Waals surface area contributed by atoms with E-state index in [2.05, 4.69) is 4.98 Å². The molecule has 16 heavy (non-hydrogen) atoms. The van der Waals surface area contributed by atoms with Crippen LogP contribution in [0.15, 0.2) is 23.4 Å². The van der Waals surface area contributed by atoms with E-state index in [-0.39, 0.29) is 5.41 Å². The number of carboxylic acids is 1. The van der Waals surface area contributed by atoms with Gasteiger partial charge in [-0.2, -0.15) is 0 Å². The Morgan fingerprint density at radius 1 is 1.62 bits per heavy atom. The van der Waals surface area contributed by atoms with Gasteiger partial charge in [0.05, 0.1) is 11.4 Å². The smallest absolute Gasteiger partial charge is 0.303 e. The van der Waals surface area contributed by atoms with Crippen LogP contribution >= 0.6 is 11.8 Å². The van der Waals surface area contributed by atoms with Crippen molar-refractivity contribution in [1.29, 1.82) is 0 Å². The van der Waals surface area contributed by atoms with Crippen molar-refractivity contribution in [1.82, 2.24) is 4.98 Å². The second-order valence-electron chi connectivity index (χ2n) is 4.48. The monoisotopic (exact) mass is 237 g/mol. The summed E-state index contributed by atoms with van der Waals surface area (Å²) >= 11 is 1.68. The van der Waals surface area contributed by atoms with Crippen LogP contribution in [0.3, 0.4) is 0 Å². The summed E-state index contributed by atoms with van der Waals surface area (Å²) in [6, 6.07) is 3.95. The average molecular weight is 237 g/mol. The zero-order chi connectivity index (χ0) is 11.6. The lowest BCUT2D eigenvalue weighted by Gasteiger charge is -2.11. The predicted molar refractivity (Wildman–Crippen MR) is 63.6 cm³/mol.